The van der Waals surface area contributed by atoms with Gasteiger partial charge in [-0.25, -0.2) is 9.97 Å². The van der Waals surface area contributed by atoms with Gasteiger partial charge in [-0.1, -0.05) is 48.5 Å². The summed E-state index contributed by atoms with van der Waals surface area (Å²) >= 11 is 0. The number of aliphatic carboxylic acids is 2. The normalized spacial score (nSPS) is 12.4. The van der Waals surface area contributed by atoms with Crippen LogP contribution in [0.2, 0.25) is 0 Å². The van der Waals surface area contributed by atoms with E-state index < -0.39 is 24.1 Å². The highest BCUT2D eigenvalue weighted by Crippen LogP contribution is 2.37. The fraction of sp³-hybridized carbons (Fsp3) is 0.333. The number of rotatable bonds is 17. The molecule has 48 heavy (non-hydrogen) atoms. The van der Waals surface area contributed by atoms with Crippen molar-refractivity contribution in [3.63, 3.8) is 0 Å². The minimum atomic E-state index is -1.06. The average molecular weight is 659 g/mol. The molecule has 0 fully saturated rings. The van der Waals surface area contributed by atoms with Crippen LogP contribution in [0.1, 0.15) is 35.1 Å². The van der Waals surface area contributed by atoms with Gasteiger partial charge in [0.2, 0.25) is 11.8 Å². The van der Waals surface area contributed by atoms with Gasteiger partial charge in [-0.3, -0.25) is 9.59 Å². The van der Waals surface area contributed by atoms with Gasteiger partial charge in [-0.05, 0) is 48.2 Å². The van der Waals surface area contributed by atoms with Crippen molar-refractivity contribution in [3.05, 3.63) is 82.9 Å². The van der Waals surface area contributed by atoms with Crippen molar-refractivity contribution in [2.45, 2.75) is 52.0 Å². The van der Waals surface area contributed by atoms with Gasteiger partial charge in [0, 0.05) is 48.4 Å². The summed E-state index contributed by atoms with van der Waals surface area (Å²) in [5.74, 6) is -1.24. The lowest BCUT2D eigenvalue weighted by Crippen LogP contribution is -2.28. The average Bonchev–Trinajstić information content (AvgIpc) is 3.05. The van der Waals surface area contributed by atoms with Crippen LogP contribution in [-0.2, 0) is 22.7 Å². The number of carbonyl (C=O) groups is 2. The van der Waals surface area contributed by atoms with Crippen LogP contribution in [0.5, 0.6) is 11.8 Å². The van der Waals surface area contributed by atoms with Gasteiger partial charge in [0.05, 0.1) is 50.7 Å². The Labute approximate surface area is 279 Å². The van der Waals surface area contributed by atoms with Crippen LogP contribution in [0.4, 0.5) is 0 Å². The van der Waals surface area contributed by atoms with E-state index in [1.54, 1.807) is 14.2 Å². The maximum absolute atomic E-state index is 10.8. The van der Waals surface area contributed by atoms with E-state index in [1.165, 1.54) is 0 Å². The first-order chi connectivity index (χ1) is 23.0. The Morgan fingerprint density at radius 2 is 1.02 bits per heavy atom. The van der Waals surface area contributed by atoms with Gasteiger partial charge in [0.25, 0.3) is 0 Å². The molecule has 12 heteroatoms. The highest BCUT2D eigenvalue weighted by Gasteiger charge is 2.17. The number of aromatic nitrogens is 2. The molecule has 2 heterocycles. The second kappa shape index (κ2) is 16.8. The minimum Gasteiger partial charge on any atom is -0.481 e. The molecule has 4 rings (SSSR count). The molecule has 0 aliphatic carbocycles. The molecule has 0 saturated carbocycles. The number of benzene rings is 2. The van der Waals surface area contributed by atoms with Crippen LogP contribution in [0.15, 0.2) is 60.7 Å². The summed E-state index contributed by atoms with van der Waals surface area (Å²) in [6.07, 6.45) is -2.66. The van der Waals surface area contributed by atoms with Crippen LogP contribution >= 0.6 is 0 Å². The first-order valence-corrected chi connectivity index (χ1v) is 15.5. The predicted molar refractivity (Wildman–Crippen MR) is 181 cm³/mol. The second-order valence-electron chi connectivity index (χ2n) is 11.5. The van der Waals surface area contributed by atoms with E-state index in [1.807, 2.05) is 48.5 Å². The number of ether oxygens (including phenoxy) is 2. The van der Waals surface area contributed by atoms with Crippen molar-refractivity contribution >= 4 is 11.9 Å². The predicted octanol–water partition coefficient (Wildman–Crippen LogP) is 3.96. The zero-order valence-corrected chi connectivity index (χ0v) is 27.5. The third-order valence-corrected chi connectivity index (χ3v) is 7.99. The van der Waals surface area contributed by atoms with Crippen molar-refractivity contribution in [2.24, 2.45) is 0 Å². The number of hydrogen-bond acceptors (Lipinski definition) is 10. The van der Waals surface area contributed by atoms with Crippen molar-refractivity contribution in [2.75, 3.05) is 27.3 Å². The monoisotopic (exact) mass is 658 g/mol. The summed E-state index contributed by atoms with van der Waals surface area (Å²) in [6.45, 7) is 5.07. The summed E-state index contributed by atoms with van der Waals surface area (Å²) < 4.78 is 11.2. The second-order valence-corrected chi connectivity index (χ2v) is 11.5. The molecule has 2 aromatic heterocycles. The van der Waals surface area contributed by atoms with E-state index in [-0.39, 0.29) is 25.9 Å². The molecule has 0 saturated heterocycles. The number of aliphatic hydroxyl groups excluding tert-OH is 2. The summed E-state index contributed by atoms with van der Waals surface area (Å²) in [4.78, 5) is 31.2. The third kappa shape index (κ3) is 9.14. The number of methoxy groups -OCH3 is 2. The molecule has 4 aromatic rings. The molecule has 6 N–H and O–H groups in total. The number of hydrogen-bond donors (Lipinski definition) is 6. The van der Waals surface area contributed by atoms with E-state index in [0.29, 0.717) is 24.8 Å². The van der Waals surface area contributed by atoms with E-state index in [2.05, 4.69) is 36.6 Å². The molecular formula is C36H42N4O8. The number of pyridine rings is 2. The van der Waals surface area contributed by atoms with Crippen LogP contribution in [-0.4, -0.2) is 81.8 Å². The zero-order valence-electron chi connectivity index (χ0n) is 27.5. The van der Waals surface area contributed by atoms with Crippen LogP contribution in [0, 0.1) is 13.8 Å². The number of carboxylic acids is 2. The maximum Gasteiger partial charge on any atom is 0.306 e. The van der Waals surface area contributed by atoms with Gasteiger partial charge in [0.1, 0.15) is 0 Å². The van der Waals surface area contributed by atoms with Crippen molar-refractivity contribution < 1.29 is 39.5 Å². The van der Waals surface area contributed by atoms with Crippen LogP contribution in [0.3, 0.4) is 0 Å². The summed E-state index contributed by atoms with van der Waals surface area (Å²) in [6, 6.07) is 19.8. The Bertz CT molecular complexity index is 1620. The summed E-state index contributed by atoms with van der Waals surface area (Å²) in [7, 11) is 3.10. The zero-order chi connectivity index (χ0) is 34.8. The van der Waals surface area contributed by atoms with E-state index in [9.17, 15) is 19.8 Å². The fourth-order valence-corrected chi connectivity index (χ4v) is 5.57. The lowest BCUT2D eigenvalue weighted by molar-refractivity contribution is -0.140. The largest absolute Gasteiger partial charge is 0.481 e. The molecule has 0 aliphatic heterocycles. The maximum atomic E-state index is 10.8. The molecule has 0 spiro atoms. The van der Waals surface area contributed by atoms with Gasteiger partial charge in [-0.2, -0.15) is 0 Å². The summed E-state index contributed by atoms with van der Waals surface area (Å²) in [5, 5.41) is 43.5. The van der Waals surface area contributed by atoms with Gasteiger partial charge >= 0.3 is 11.9 Å². The van der Waals surface area contributed by atoms with E-state index in [4.69, 9.17) is 29.7 Å². The molecule has 254 valence electrons. The molecule has 2 atom stereocenters. The highest BCUT2D eigenvalue weighted by atomic mass is 16.5. The van der Waals surface area contributed by atoms with Crippen molar-refractivity contribution in [1.82, 2.24) is 20.6 Å². The Morgan fingerprint density at radius 1 is 0.646 bits per heavy atom. The number of nitrogens with one attached hydrogen (secondary N) is 2. The first-order valence-electron chi connectivity index (χ1n) is 15.5. The highest BCUT2D eigenvalue weighted by molar-refractivity contribution is 5.82. The lowest BCUT2D eigenvalue weighted by Gasteiger charge is -2.17. The minimum absolute atomic E-state index is 0.127. The van der Waals surface area contributed by atoms with Gasteiger partial charge in [-0.15, -0.1) is 0 Å². The summed E-state index contributed by atoms with van der Waals surface area (Å²) in [5.41, 5.74) is 9.06. The first kappa shape index (κ1) is 36.0. The number of nitrogens with zero attached hydrogens (tertiary/aromatic N) is 2. The van der Waals surface area contributed by atoms with Crippen molar-refractivity contribution in [1.29, 1.82) is 0 Å². The molecule has 0 amide bonds. The van der Waals surface area contributed by atoms with E-state index in [0.717, 1.165) is 55.9 Å². The quantitative estimate of drug-likeness (QED) is 0.0962. The van der Waals surface area contributed by atoms with E-state index >= 15 is 0 Å². The third-order valence-electron chi connectivity index (χ3n) is 7.99. The molecule has 0 radical (unpaired) electrons. The van der Waals surface area contributed by atoms with Gasteiger partial charge in [0.15, 0.2) is 0 Å². The van der Waals surface area contributed by atoms with Crippen LogP contribution in [0.25, 0.3) is 33.6 Å². The molecular weight excluding hydrogens is 616 g/mol. The smallest absolute Gasteiger partial charge is 0.306 e. The molecule has 0 unspecified atom stereocenters. The lowest BCUT2D eigenvalue weighted by atomic mass is 9.89. The fourth-order valence-electron chi connectivity index (χ4n) is 5.57. The Balaban J connectivity index is 1.57. The molecule has 0 aliphatic rings. The van der Waals surface area contributed by atoms with Gasteiger partial charge < -0.3 is 40.5 Å². The Kier molecular flexibility index (Phi) is 12.6. The Morgan fingerprint density at radius 3 is 1.38 bits per heavy atom. The molecule has 12 nitrogen and oxygen atoms in total. The topological polar surface area (TPSA) is 183 Å². The number of carboxylic acid groups (broad SMARTS) is 2. The number of aliphatic hydroxyl groups is 2. The van der Waals surface area contributed by atoms with Crippen LogP contribution < -0.4 is 20.1 Å². The SMILES string of the molecule is COc1nc(-c2cccc(-c3cccc(-c4ccc(CNC[C@@H](O)CC(=O)O)c(OC)n4)c3C)c2C)ccc1CNC[C@@H](O)CC(=O)O. The molecule has 2 aromatic carbocycles. The standard InChI is InChI=1S/C36H42N4O8/c1-21-27(7-5-9-29(21)31-13-11-23(35(39-31)47-3)17-37-19-25(41)15-33(43)44)28-8-6-10-30(22(28)2)32-14-12-24(36(40-32)48-4)18-38-20-26(42)16-34(45)46/h5-14,25-26,37-38,41-42H,15-20H2,1-4H3,(H,43,44)(H,45,46)/t25-,26-/m0/s1. The van der Waals surface area contributed by atoms with Crippen molar-refractivity contribution in [3.8, 4) is 45.4 Å². The Hall–Kier alpha value is -4.88. The molecule has 0 bridgehead atoms.